The molecule has 0 amide bonds. The van der Waals surface area contributed by atoms with E-state index in [1.165, 1.54) is 25.5 Å². The van der Waals surface area contributed by atoms with Crippen molar-refractivity contribution in [2.24, 2.45) is 4.99 Å². The molecule has 166 valence electrons. The van der Waals surface area contributed by atoms with Crippen molar-refractivity contribution in [3.05, 3.63) is 0 Å². The second-order valence-electron chi connectivity index (χ2n) is 8.48. The highest BCUT2D eigenvalue weighted by atomic mass is 127. The van der Waals surface area contributed by atoms with Crippen LogP contribution < -0.4 is 10.6 Å². The van der Waals surface area contributed by atoms with Crippen LogP contribution in [0.2, 0.25) is 0 Å². The number of hydrogen-bond acceptors (Lipinski definition) is 5. The quantitative estimate of drug-likeness (QED) is 0.298. The third-order valence-electron chi connectivity index (χ3n) is 5.95. The lowest BCUT2D eigenvalue weighted by Crippen LogP contribution is -2.54. The van der Waals surface area contributed by atoms with E-state index in [1.807, 2.05) is 6.92 Å². The van der Waals surface area contributed by atoms with Gasteiger partial charge in [0.2, 0.25) is 0 Å². The normalized spacial score (nSPS) is 21.6. The van der Waals surface area contributed by atoms with Gasteiger partial charge >= 0.3 is 0 Å². The number of rotatable bonds is 7. The zero-order valence-electron chi connectivity index (χ0n) is 17.9. The molecule has 2 aliphatic rings. The van der Waals surface area contributed by atoms with E-state index in [2.05, 4.69) is 29.4 Å². The molecule has 2 heterocycles. The Labute approximate surface area is 188 Å². The molecular weight excluding hydrogens is 491 g/mol. The molecule has 2 N–H and O–H groups in total. The standard InChI is InChI=1S/C19H38N4O3S.HI/c1-5-20-17(21-15-18(2,3)23-11-7-6-8-12-23)22-16-19(27(4,24)25)9-13-26-14-10-19;/h5-16H2,1-4H3,(H2,20,21,22);1H. The van der Waals surface area contributed by atoms with Gasteiger partial charge in [-0.3, -0.25) is 9.89 Å². The second-order valence-corrected chi connectivity index (χ2v) is 10.9. The Balaban J connectivity index is 0.00000392. The summed E-state index contributed by atoms with van der Waals surface area (Å²) >= 11 is 0. The fourth-order valence-corrected chi connectivity index (χ4v) is 5.12. The minimum atomic E-state index is -3.19. The average molecular weight is 531 g/mol. The number of likely N-dealkylation sites (tertiary alicyclic amines) is 1. The average Bonchev–Trinajstić information content (AvgIpc) is 2.64. The predicted octanol–water partition coefficient (Wildman–Crippen LogP) is 2.02. The van der Waals surface area contributed by atoms with Gasteiger partial charge in [0.25, 0.3) is 0 Å². The first kappa shape index (κ1) is 25.9. The minimum Gasteiger partial charge on any atom is -0.381 e. The summed E-state index contributed by atoms with van der Waals surface area (Å²) in [7, 11) is -3.19. The van der Waals surface area contributed by atoms with Gasteiger partial charge in [-0.05, 0) is 59.5 Å². The first-order valence-electron chi connectivity index (χ1n) is 10.2. The van der Waals surface area contributed by atoms with Crippen molar-refractivity contribution >= 4 is 39.8 Å². The molecule has 7 nitrogen and oxygen atoms in total. The van der Waals surface area contributed by atoms with Crippen LogP contribution in [0.4, 0.5) is 0 Å². The maximum absolute atomic E-state index is 12.4. The molecule has 0 bridgehead atoms. The SMILES string of the molecule is CCNC(=NCC(C)(C)N1CCCCC1)NCC1(S(C)(=O)=O)CCOCC1.I. The van der Waals surface area contributed by atoms with Crippen molar-refractivity contribution in [1.29, 1.82) is 0 Å². The Hall–Kier alpha value is -0.130. The molecular formula is C19H39IN4O3S. The smallest absolute Gasteiger partial charge is 0.191 e. The van der Waals surface area contributed by atoms with E-state index in [-0.39, 0.29) is 29.5 Å². The Bertz CT molecular complexity index is 598. The summed E-state index contributed by atoms with van der Waals surface area (Å²) in [5.74, 6) is 0.692. The number of sulfone groups is 1. The van der Waals surface area contributed by atoms with Crippen molar-refractivity contribution in [1.82, 2.24) is 15.5 Å². The van der Waals surface area contributed by atoms with Gasteiger partial charge in [-0.25, -0.2) is 8.42 Å². The number of guanidine groups is 1. The number of halogens is 1. The van der Waals surface area contributed by atoms with Crippen LogP contribution >= 0.6 is 24.0 Å². The van der Waals surface area contributed by atoms with Gasteiger partial charge in [0.1, 0.15) is 0 Å². The van der Waals surface area contributed by atoms with Gasteiger partial charge in [-0.1, -0.05) is 6.42 Å². The Morgan fingerprint density at radius 3 is 2.29 bits per heavy atom. The number of nitrogens with zero attached hydrogens (tertiary/aromatic N) is 2. The molecule has 0 radical (unpaired) electrons. The van der Waals surface area contributed by atoms with Crippen molar-refractivity contribution in [3.8, 4) is 0 Å². The summed E-state index contributed by atoms with van der Waals surface area (Å²) in [6, 6.07) is 0. The van der Waals surface area contributed by atoms with Gasteiger partial charge < -0.3 is 15.4 Å². The van der Waals surface area contributed by atoms with Crippen LogP contribution in [0.25, 0.3) is 0 Å². The van der Waals surface area contributed by atoms with Crippen LogP contribution in [0, 0.1) is 0 Å². The van der Waals surface area contributed by atoms with Crippen LogP contribution in [0.3, 0.4) is 0 Å². The van der Waals surface area contributed by atoms with Gasteiger partial charge in [0.15, 0.2) is 15.8 Å². The third-order valence-corrected chi connectivity index (χ3v) is 8.07. The van der Waals surface area contributed by atoms with Crippen LogP contribution in [-0.4, -0.2) is 81.8 Å². The van der Waals surface area contributed by atoms with E-state index in [0.717, 1.165) is 19.6 Å². The monoisotopic (exact) mass is 530 g/mol. The van der Waals surface area contributed by atoms with Crippen molar-refractivity contribution in [2.75, 3.05) is 52.2 Å². The van der Waals surface area contributed by atoms with Crippen LogP contribution in [0.5, 0.6) is 0 Å². The number of nitrogens with one attached hydrogen (secondary N) is 2. The van der Waals surface area contributed by atoms with Gasteiger partial charge in [-0.2, -0.15) is 0 Å². The lowest BCUT2D eigenvalue weighted by molar-refractivity contribution is 0.0756. The highest BCUT2D eigenvalue weighted by molar-refractivity contribution is 14.0. The molecule has 0 aromatic heterocycles. The Morgan fingerprint density at radius 1 is 1.14 bits per heavy atom. The summed E-state index contributed by atoms with van der Waals surface area (Å²) < 4.78 is 29.5. The summed E-state index contributed by atoms with van der Waals surface area (Å²) in [5, 5.41) is 6.56. The first-order chi connectivity index (χ1) is 12.7. The fraction of sp³-hybridized carbons (Fsp3) is 0.947. The molecule has 0 aliphatic carbocycles. The minimum absolute atomic E-state index is 0. The number of ether oxygens (including phenoxy) is 1. The van der Waals surface area contributed by atoms with Gasteiger partial charge in [0.05, 0.1) is 11.3 Å². The first-order valence-corrected chi connectivity index (χ1v) is 12.1. The van der Waals surface area contributed by atoms with Crippen LogP contribution in [0.1, 0.15) is 52.9 Å². The molecule has 0 aromatic rings. The Morgan fingerprint density at radius 2 is 1.75 bits per heavy atom. The highest BCUT2D eigenvalue weighted by Crippen LogP contribution is 2.28. The Kier molecular flexibility index (Phi) is 10.5. The van der Waals surface area contributed by atoms with E-state index in [9.17, 15) is 8.42 Å². The molecule has 0 saturated carbocycles. The summed E-state index contributed by atoms with van der Waals surface area (Å²) in [6.07, 6.45) is 6.21. The summed E-state index contributed by atoms with van der Waals surface area (Å²) in [5.41, 5.74) is -0.00400. The van der Waals surface area contributed by atoms with E-state index >= 15 is 0 Å². The molecule has 28 heavy (non-hydrogen) atoms. The molecule has 0 spiro atoms. The highest BCUT2D eigenvalue weighted by Gasteiger charge is 2.42. The van der Waals surface area contributed by atoms with E-state index in [1.54, 1.807) is 0 Å². The largest absolute Gasteiger partial charge is 0.381 e. The number of aliphatic imine (C=N–C) groups is 1. The molecule has 2 aliphatic heterocycles. The molecule has 0 atom stereocenters. The van der Waals surface area contributed by atoms with Crippen molar-refractivity contribution in [2.45, 2.75) is 63.2 Å². The van der Waals surface area contributed by atoms with E-state index < -0.39 is 14.6 Å². The summed E-state index contributed by atoms with van der Waals surface area (Å²) in [4.78, 5) is 7.30. The lowest BCUT2D eigenvalue weighted by Gasteiger charge is -2.40. The van der Waals surface area contributed by atoms with Gasteiger partial charge in [0, 0.05) is 38.1 Å². The number of hydrogen-bond donors (Lipinski definition) is 2. The molecule has 0 aromatic carbocycles. The zero-order chi connectivity index (χ0) is 20.0. The van der Waals surface area contributed by atoms with E-state index in [4.69, 9.17) is 9.73 Å². The fourth-order valence-electron chi connectivity index (χ4n) is 3.88. The lowest BCUT2D eigenvalue weighted by atomic mass is 9.98. The maximum atomic E-state index is 12.4. The number of piperidine rings is 1. The van der Waals surface area contributed by atoms with Gasteiger partial charge in [-0.15, -0.1) is 24.0 Å². The van der Waals surface area contributed by atoms with Crippen LogP contribution in [0.15, 0.2) is 4.99 Å². The molecule has 2 fully saturated rings. The topological polar surface area (TPSA) is 83.0 Å². The van der Waals surface area contributed by atoms with Crippen LogP contribution in [-0.2, 0) is 14.6 Å². The zero-order valence-corrected chi connectivity index (χ0v) is 21.1. The predicted molar refractivity (Wildman–Crippen MR) is 127 cm³/mol. The third kappa shape index (κ3) is 6.98. The molecule has 9 heteroatoms. The van der Waals surface area contributed by atoms with Crippen molar-refractivity contribution < 1.29 is 13.2 Å². The second kappa shape index (κ2) is 11.3. The maximum Gasteiger partial charge on any atom is 0.191 e. The molecule has 2 rings (SSSR count). The molecule has 2 saturated heterocycles. The molecule has 0 unspecified atom stereocenters. The summed E-state index contributed by atoms with van der Waals surface area (Å²) in [6.45, 7) is 11.5. The van der Waals surface area contributed by atoms with E-state index in [0.29, 0.717) is 45.1 Å². The van der Waals surface area contributed by atoms with Crippen molar-refractivity contribution in [3.63, 3.8) is 0 Å².